The van der Waals surface area contributed by atoms with Gasteiger partial charge in [0.05, 0.1) is 0 Å². The fraction of sp³-hybridized carbons (Fsp3) is 0.818. The van der Waals surface area contributed by atoms with E-state index in [0.717, 1.165) is 12.8 Å². The van der Waals surface area contributed by atoms with Gasteiger partial charge in [0.25, 0.3) is 0 Å². The van der Waals surface area contributed by atoms with E-state index in [2.05, 4.69) is 6.92 Å². The molecule has 0 unspecified atom stereocenters. The first-order valence-corrected chi connectivity index (χ1v) is 5.38. The predicted octanol–water partition coefficient (Wildman–Crippen LogP) is 3.00. The minimum Gasteiger partial charge on any atom is -0.479 e. The van der Waals surface area contributed by atoms with E-state index < -0.39 is 5.97 Å². The molecule has 0 aromatic heterocycles. The number of aliphatic carboxylic acids is 1. The molecule has 3 nitrogen and oxygen atoms in total. The maximum Gasteiger partial charge on any atom is 0.339 e. The van der Waals surface area contributed by atoms with Crippen LogP contribution < -0.4 is 0 Å². The van der Waals surface area contributed by atoms with Gasteiger partial charge in [-0.1, -0.05) is 39.0 Å². The minimum atomic E-state index is -0.962. The van der Waals surface area contributed by atoms with Crippen molar-refractivity contribution in [2.45, 2.75) is 52.4 Å². The van der Waals surface area contributed by atoms with E-state index >= 15 is 0 Å². The van der Waals surface area contributed by atoms with Crippen LogP contribution in [0.5, 0.6) is 0 Å². The van der Waals surface area contributed by atoms with E-state index in [1.807, 2.05) is 0 Å². The quantitative estimate of drug-likeness (QED) is 0.583. The third-order valence-electron chi connectivity index (χ3n) is 2.12. The minimum absolute atomic E-state index is 0.0959. The molecular formula is C11H21O3. The van der Waals surface area contributed by atoms with Crippen molar-refractivity contribution in [2.75, 3.05) is 6.61 Å². The lowest BCUT2D eigenvalue weighted by Crippen LogP contribution is -2.11. The van der Waals surface area contributed by atoms with E-state index in [0.29, 0.717) is 6.61 Å². The van der Waals surface area contributed by atoms with Crippen molar-refractivity contribution in [1.82, 2.24) is 0 Å². The third-order valence-corrected chi connectivity index (χ3v) is 2.12. The summed E-state index contributed by atoms with van der Waals surface area (Å²) in [5.74, 6) is -0.962. The molecule has 0 atom stereocenters. The predicted molar refractivity (Wildman–Crippen MR) is 55.9 cm³/mol. The fourth-order valence-corrected chi connectivity index (χ4v) is 1.17. The second-order valence-electron chi connectivity index (χ2n) is 3.48. The highest BCUT2D eigenvalue weighted by Gasteiger charge is 2.11. The molecule has 0 fully saturated rings. The summed E-state index contributed by atoms with van der Waals surface area (Å²) in [7, 11) is 0. The molecule has 0 aromatic rings. The summed E-state index contributed by atoms with van der Waals surface area (Å²) >= 11 is 0. The SMILES string of the molecule is CCCCCCCCO[C](C)C(=O)O. The van der Waals surface area contributed by atoms with Crippen LogP contribution in [0, 0.1) is 6.10 Å². The van der Waals surface area contributed by atoms with Gasteiger partial charge in [0, 0.05) is 6.61 Å². The molecule has 0 aliphatic carbocycles. The molecule has 0 heterocycles. The van der Waals surface area contributed by atoms with E-state index in [4.69, 9.17) is 9.84 Å². The van der Waals surface area contributed by atoms with Gasteiger partial charge in [0.1, 0.15) is 0 Å². The highest BCUT2D eigenvalue weighted by Crippen LogP contribution is 2.07. The van der Waals surface area contributed by atoms with Crippen molar-refractivity contribution in [3.8, 4) is 0 Å². The first kappa shape index (κ1) is 13.4. The monoisotopic (exact) mass is 201 g/mol. The van der Waals surface area contributed by atoms with Crippen molar-refractivity contribution >= 4 is 5.97 Å². The number of ether oxygens (including phenoxy) is 1. The molecule has 1 N–H and O–H groups in total. The Labute approximate surface area is 86.5 Å². The number of carboxylic acids is 1. The summed E-state index contributed by atoms with van der Waals surface area (Å²) in [6, 6.07) is 0. The van der Waals surface area contributed by atoms with Crippen molar-refractivity contribution < 1.29 is 14.6 Å². The molecule has 0 aliphatic rings. The molecule has 3 heteroatoms. The van der Waals surface area contributed by atoms with Gasteiger partial charge in [0.15, 0.2) is 0 Å². The average Bonchev–Trinajstić information content (AvgIpc) is 2.16. The van der Waals surface area contributed by atoms with Crippen LogP contribution in [0.25, 0.3) is 0 Å². The third kappa shape index (κ3) is 8.05. The molecule has 0 bridgehead atoms. The van der Waals surface area contributed by atoms with Gasteiger partial charge in [-0.15, -0.1) is 0 Å². The molecular weight excluding hydrogens is 180 g/mol. The number of carbonyl (C=O) groups is 1. The van der Waals surface area contributed by atoms with Gasteiger partial charge in [-0.05, 0) is 13.3 Å². The summed E-state index contributed by atoms with van der Waals surface area (Å²) in [5, 5.41) is 8.49. The molecule has 0 aromatic carbocycles. The molecule has 0 saturated carbocycles. The zero-order valence-electron chi connectivity index (χ0n) is 9.21. The summed E-state index contributed by atoms with van der Waals surface area (Å²) in [4.78, 5) is 10.3. The summed E-state index contributed by atoms with van der Waals surface area (Å²) < 4.78 is 5.03. The van der Waals surface area contributed by atoms with Crippen molar-refractivity contribution in [1.29, 1.82) is 0 Å². The van der Waals surface area contributed by atoms with Crippen LogP contribution in [-0.4, -0.2) is 17.7 Å². The van der Waals surface area contributed by atoms with Gasteiger partial charge in [-0.2, -0.15) is 0 Å². The number of rotatable bonds is 9. The Morgan fingerprint density at radius 2 is 1.71 bits per heavy atom. The summed E-state index contributed by atoms with van der Waals surface area (Å²) in [6.07, 6.45) is 7.23. The zero-order valence-corrected chi connectivity index (χ0v) is 9.21. The maximum absolute atomic E-state index is 10.3. The zero-order chi connectivity index (χ0) is 10.8. The fourth-order valence-electron chi connectivity index (χ4n) is 1.17. The highest BCUT2D eigenvalue weighted by molar-refractivity contribution is 5.79. The molecule has 83 valence electrons. The molecule has 0 spiro atoms. The van der Waals surface area contributed by atoms with Crippen LogP contribution in [-0.2, 0) is 9.53 Å². The molecule has 0 amide bonds. The molecule has 0 rings (SSSR count). The van der Waals surface area contributed by atoms with Gasteiger partial charge in [0.2, 0.25) is 6.10 Å². The van der Waals surface area contributed by atoms with Gasteiger partial charge >= 0.3 is 5.97 Å². The summed E-state index contributed by atoms with van der Waals surface area (Å²) in [5.41, 5.74) is 0. The Kier molecular flexibility index (Phi) is 8.64. The van der Waals surface area contributed by atoms with E-state index in [9.17, 15) is 4.79 Å². The smallest absolute Gasteiger partial charge is 0.339 e. The average molecular weight is 201 g/mol. The van der Waals surface area contributed by atoms with Crippen LogP contribution in [0.2, 0.25) is 0 Å². The Balaban J connectivity index is 3.09. The first-order valence-electron chi connectivity index (χ1n) is 5.38. The number of carboxylic acid groups (broad SMARTS) is 1. The van der Waals surface area contributed by atoms with E-state index in [1.54, 1.807) is 0 Å². The Hall–Kier alpha value is -0.570. The second kappa shape index (κ2) is 9.00. The van der Waals surface area contributed by atoms with Gasteiger partial charge in [-0.25, -0.2) is 4.79 Å². The first-order chi connectivity index (χ1) is 6.68. The highest BCUT2D eigenvalue weighted by atomic mass is 16.5. The molecule has 14 heavy (non-hydrogen) atoms. The Morgan fingerprint density at radius 1 is 1.14 bits per heavy atom. The second-order valence-corrected chi connectivity index (χ2v) is 3.48. The van der Waals surface area contributed by atoms with Crippen molar-refractivity contribution in [2.24, 2.45) is 0 Å². The van der Waals surface area contributed by atoms with Crippen molar-refractivity contribution in [3.63, 3.8) is 0 Å². The largest absolute Gasteiger partial charge is 0.479 e. The lowest BCUT2D eigenvalue weighted by Gasteiger charge is -2.06. The topological polar surface area (TPSA) is 46.5 Å². The normalized spacial score (nSPS) is 10.8. The molecule has 0 aliphatic heterocycles. The standard InChI is InChI=1S/C11H21O3/c1-3-4-5-6-7-8-9-14-10(2)11(12)13/h3-9H2,1-2H3,(H,12,13). The van der Waals surface area contributed by atoms with Crippen LogP contribution in [0.15, 0.2) is 0 Å². The number of hydrogen-bond donors (Lipinski definition) is 1. The molecule has 0 saturated heterocycles. The van der Waals surface area contributed by atoms with Crippen molar-refractivity contribution in [3.05, 3.63) is 6.10 Å². The van der Waals surface area contributed by atoms with Crippen LogP contribution in [0.3, 0.4) is 0 Å². The van der Waals surface area contributed by atoms with Crippen LogP contribution in [0.4, 0.5) is 0 Å². The molecule has 1 radical (unpaired) electrons. The van der Waals surface area contributed by atoms with Crippen LogP contribution >= 0.6 is 0 Å². The summed E-state index contributed by atoms with van der Waals surface area (Å²) in [6.45, 7) is 4.21. The van der Waals surface area contributed by atoms with Gasteiger partial charge in [-0.3, -0.25) is 0 Å². The van der Waals surface area contributed by atoms with E-state index in [1.165, 1.54) is 32.6 Å². The lowest BCUT2D eigenvalue weighted by atomic mass is 10.1. The number of hydrogen-bond acceptors (Lipinski definition) is 2. The number of unbranched alkanes of at least 4 members (excludes halogenated alkanes) is 5. The maximum atomic E-state index is 10.3. The Morgan fingerprint density at radius 3 is 2.29 bits per heavy atom. The van der Waals surface area contributed by atoms with Crippen LogP contribution in [0.1, 0.15) is 52.4 Å². The van der Waals surface area contributed by atoms with Gasteiger partial charge < -0.3 is 9.84 Å². The Bertz CT molecular complexity index is 145. The van der Waals surface area contributed by atoms with E-state index in [-0.39, 0.29) is 6.10 Å². The lowest BCUT2D eigenvalue weighted by molar-refractivity contribution is -0.141.